The van der Waals surface area contributed by atoms with Crippen molar-refractivity contribution in [1.29, 1.82) is 0 Å². The van der Waals surface area contributed by atoms with Gasteiger partial charge in [-0.05, 0) is 42.5 Å². The van der Waals surface area contributed by atoms with Crippen LogP contribution in [0.25, 0.3) is 0 Å². The SMILES string of the molecule is CC[C@H]1CN(C(=O)c2ccco2)CC[C@H]1CC(=O)Nc1ccccc1. The molecule has 1 fully saturated rings. The second-order valence-electron chi connectivity index (χ2n) is 6.56. The van der Waals surface area contributed by atoms with Gasteiger partial charge in [-0.15, -0.1) is 0 Å². The lowest BCUT2D eigenvalue weighted by molar-refractivity contribution is -0.117. The van der Waals surface area contributed by atoms with Crippen LogP contribution >= 0.6 is 0 Å². The number of likely N-dealkylation sites (tertiary alicyclic amines) is 1. The quantitative estimate of drug-likeness (QED) is 0.900. The maximum Gasteiger partial charge on any atom is 0.289 e. The minimum Gasteiger partial charge on any atom is -0.459 e. The Hall–Kier alpha value is -2.56. The van der Waals surface area contributed by atoms with E-state index in [1.165, 1.54) is 6.26 Å². The summed E-state index contributed by atoms with van der Waals surface area (Å²) in [6.45, 7) is 3.46. The normalized spacial score (nSPS) is 20.3. The van der Waals surface area contributed by atoms with E-state index in [0.717, 1.165) is 18.5 Å². The number of amides is 2. The molecule has 5 heteroatoms. The molecule has 2 atom stereocenters. The Balaban J connectivity index is 1.57. The summed E-state index contributed by atoms with van der Waals surface area (Å²) in [5.41, 5.74) is 0.825. The van der Waals surface area contributed by atoms with Gasteiger partial charge >= 0.3 is 0 Å². The van der Waals surface area contributed by atoms with Gasteiger partial charge in [0.15, 0.2) is 5.76 Å². The molecule has 2 aromatic rings. The first-order valence-electron chi connectivity index (χ1n) is 8.85. The molecule has 0 aliphatic carbocycles. The standard InChI is InChI=1S/C20H24N2O3/c1-2-15-14-22(20(24)18-9-6-12-25-18)11-10-16(15)13-19(23)21-17-7-4-3-5-8-17/h3-9,12,15-16H,2,10-11,13-14H2,1H3,(H,21,23)/t15-,16-/m0/s1. The van der Waals surface area contributed by atoms with Crippen LogP contribution < -0.4 is 5.32 Å². The van der Waals surface area contributed by atoms with E-state index >= 15 is 0 Å². The van der Waals surface area contributed by atoms with E-state index in [-0.39, 0.29) is 11.8 Å². The van der Waals surface area contributed by atoms with Crippen LogP contribution in [0.15, 0.2) is 53.1 Å². The molecule has 2 amide bonds. The molecule has 5 nitrogen and oxygen atoms in total. The van der Waals surface area contributed by atoms with E-state index in [1.807, 2.05) is 35.2 Å². The van der Waals surface area contributed by atoms with Crippen LogP contribution in [0, 0.1) is 11.8 Å². The van der Waals surface area contributed by atoms with Gasteiger partial charge in [-0.1, -0.05) is 31.5 Å². The monoisotopic (exact) mass is 340 g/mol. The second-order valence-corrected chi connectivity index (χ2v) is 6.56. The third-order valence-corrected chi connectivity index (χ3v) is 4.94. The minimum absolute atomic E-state index is 0.0421. The van der Waals surface area contributed by atoms with Crippen LogP contribution in [0.2, 0.25) is 0 Å². The van der Waals surface area contributed by atoms with E-state index in [2.05, 4.69) is 12.2 Å². The number of carbonyl (C=O) groups excluding carboxylic acids is 2. The summed E-state index contributed by atoms with van der Waals surface area (Å²) in [7, 11) is 0. The topological polar surface area (TPSA) is 62.6 Å². The Morgan fingerprint density at radius 1 is 1.16 bits per heavy atom. The van der Waals surface area contributed by atoms with Crippen LogP contribution in [0.4, 0.5) is 5.69 Å². The van der Waals surface area contributed by atoms with Gasteiger partial charge in [-0.25, -0.2) is 0 Å². The fourth-order valence-electron chi connectivity index (χ4n) is 3.52. The summed E-state index contributed by atoms with van der Waals surface area (Å²) in [6, 6.07) is 12.9. The number of para-hydroxylation sites is 1. The number of benzene rings is 1. The molecule has 0 spiro atoms. The molecule has 1 aromatic carbocycles. The zero-order valence-corrected chi connectivity index (χ0v) is 14.5. The van der Waals surface area contributed by atoms with Gasteiger partial charge in [0.05, 0.1) is 6.26 Å². The highest BCUT2D eigenvalue weighted by molar-refractivity contribution is 5.92. The number of nitrogens with one attached hydrogen (secondary N) is 1. The van der Waals surface area contributed by atoms with E-state index in [9.17, 15) is 9.59 Å². The van der Waals surface area contributed by atoms with Gasteiger partial charge in [-0.3, -0.25) is 9.59 Å². The average molecular weight is 340 g/mol. The third-order valence-electron chi connectivity index (χ3n) is 4.94. The van der Waals surface area contributed by atoms with Crippen molar-refractivity contribution in [3.8, 4) is 0 Å². The van der Waals surface area contributed by atoms with Gasteiger partial charge in [0, 0.05) is 25.2 Å². The molecule has 0 saturated carbocycles. The smallest absolute Gasteiger partial charge is 0.289 e. The maximum absolute atomic E-state index is 12.4. The van der Waals surface area contributed by atoms with Gasteiger partial charge < -0.3 is 14.6 Å². The minimum atomic E-state index is -0.0596. The van der Waals surface area contributed by atoms with Crippen molar-refractivity contribution in [2.75, 3.05) is 18.4 Å². The molecular formula is C20H24N2O3. The Morgan fingerprint density at radius 3 is 2.64 bits per heavy atom. The summed E-state index contributed by atoms with van der Waals surface area (Å²) >= 11 is 0. The molecule has 132 valence electrons. The first-order valence-corrected chi connectivity index (χ1v) is 8.85. The molecule has 3 rings (SSSR count). The number of rotatable bonds is 5. The zero-order valence-electron chi connectivity index (χ0n) is 14.5. The van der Waals surface area contributed by atoms with Crippen molar-refractivity contribution in [3.63, 3.8) is 0 Å². The predicted octanol–water partition coefficient (Wildman–Crippen LogP) is 3.80. The number of piperidine rings is 1. The Labute approximate surface area is 148 Å². The van der Waals surface area contributed by atoms with E-state index in [4.69, 9.17) is 4.42 Å². The first-order chi connectivity index (χ1) is 12.2. The van der Waals surface area contributed by atoms with E-state index < -0.39 is 0 Å². The Bertz CT molecular complexity index is 697. The number of anilines is 1. The number of nitrogens with zero attached hydrogens (tertiary/aromatic N) is 1. The Kier molecular flexibility index (Phi) is 5.53. The number of hydrogen-bond donors (Lipinski definition) is 1. The largest absolute Gasteiger partial charge is 0.459 e. The number of carbonyl (C=O) groups is 2. The van der Waals surface area contributed by atoms with Gasteiger partial charge in [-0.2, -0.15) is 0 Å². The third kappa shape index (κ3) is 4.29. The average Bonchev–Trinajstić information content (AvgIpc) is 3.17. The summed E-state index contributed by atoms with van der Waals surface area (Å²) in [5.74, 6) is 0.995. The van der Waals surface area contributed by atoms with Crippen LogP contribution in [-0.2, 0) is 4.79 Å². The predicted molar refractivity (Wildman–Crippen MR) is 96.2 cm³/mol. The number of furan rings is 1. The fraction of sp³-hybridized carbons (Fsp3) is 0.400. The zero-order chi connectivity index (χ0) is 17.6. The van der Waals surface area contributed by atoms with Gasteiger partial charge in [0.1, 0.15) is 0 Å². The molecular weight excluding hydrogens is 316 g/mol. The second kappa shape index (κ2) is 8.01. The first kappa shape index (κ1) is 17.3. The van der Waals surface area contributed by atoms with Crippen LogP contribution in [0.3, 0.4) is 0 Å². The molecule has 1 aliphatic heterocycles. The van der Waals surface area contributed by atoms with Crippen molar-refractivity contribution < 1.29 is 14.0 Å². The van der Waals surface area contributed by atoms with Gasteiger partial charge in [0.25, 0.3) is 5.91 Å². The highest BCUT2D eigenvalue weighted by Crippen LogP contribution is 2.30. The molecule has 1 saturated heterocycles. The van der Waals surface area contributed by atoms with Crippen LogP contribution in [-0.4, -0.2) is 29.8 Å². The Morgan fingerprint density at radius 2 is 1.96 bits per heavy atom. The summed E-state index contributed by atoms with van der Waals surface area (Å²) in [6.07, 6.45) is 3.81. The van der Waals surface area contributed by atoms with Crippen molar-refractivity contribution in [1.82, 2.24) is 4.90 Å². The maximum atomic E-state index is 12.4. The summed E-state index contributed by atoms with van der Waals surface area (Å²) in [5, 5.41) is 2.96. The summed E-state index contributed by atoms with van der Waals surface area (Å²) in [4.78, 5) is 26.6. The van der Waals surface area contributed by atoms with Crippen LogP contribution in [0.1, 0.15) is 36.7 Å². The molecule has 0 bridgehead atoms. The molecule has 1 aromatic heterocycles. The number of hydrogen-bond acceptors (Lipinski definition) is 3. The molecule has 1 aliphatic rings. The molecule has 0 radical (unpaired) electrons. The fourth-order valence-corrected chi connectivity index (χ4v) is 3.52. The lowest BCUT2D eigenvalue weighted by atomic mass is 9.81. The van der Waals surface area contributed by atoms with Crippen molar-refractivity contribution >= 4 is 17.5 Å². The van der Waals surface area contributed by atoms with Crippen LogP contribution in [0.5, 0.6) is 0 Å². The lowest BCUT2D eigenvalue weighted by Crippen LogP contribution is -2.44. The van der Waals surface area contributed by atoms with Crippen molar-refractivity contribution in [2.45, 2.75) is 26.2 Å². The lowest BCUT2D eigenvalue weighted by Gasteiger charge is -2.37. The summed E-state index contributed by atoms with van der Waals surface area (Å²) < 4.78 is 5.22. The van der Waals surface area contributed by atoms with Crippen molar-refractivity contribution in [2.24, 2.45) is 11.8 Å². The van der Waals surface area contributed by atoms with Gasteiger partial charge in [0.2, 0.25) is 5.91 Å². The highest BCUT2D eigenvalue weighted by Gasteiger charge is 2.32. The van der Waals surface area contributed by atoms with E-state index in [1.54, 1.807) is 12.1 Å². The molecule has 0 unspecified atom stereocenters. The highest BCUT2D eigenvalue weighted by atomic mass is 16.3. The molecule has 25 heavy (non-hydrogen) atoms. The molecule has 1 N–H and O–H groups in total. The molecule has 2 heterocycles. The van der Waals surface area contributed by atoms with E-state index in [0.29, 0.717) is 37.1 Å². The van der Waals surface area contributed by atoms with Crippen molar-refractivity contribution in [3.05, 3.63) is 54.5 Å².